The molecule has 0 heterocycles. The van der Waals surface area contributed by atoms with Crippen molar-refractivity contribution in [2.24, 2.45) is 0 Å². The van der Waals surface area contributed by atoms with Crippen LogP contribution in [0.15, 0.2) is 16.6 Å². The predicted octanol–water partition coefficient (Wildman–Crippen LogP) is 1.74. The summed E-state index contributed by atoms with van der Waals surface area (Å²) in [5, 5.41) is 18.2. The summed E-state index contributed by atoms with van der Waals surface area (Å²) < 4.78 is 5.00. The number of nitriles is 1. The van der Waals surface area contributed by atoms with Crippen LogP contribution in [0.5, 0.6) is 5.75 Å². The van der Waals surface area contributed by atoms with Crippen molar-refractivity contribution in [3.8, 4) is 11.8 Å². The average Bonchev–Trinajstić information content (AvgIpc) is 2.22. The first-order chi connectivity index (χ1) is 7.08. The number of phenolic OH excluding ortho intramolecular Hbond substituents is 1. The lowest BCUT2D eigenvalue weighted by atomic mass is 10.1. The van der Waals surface area contributed by atoms with E-state index in [9.17, 15) is 9.90 Å². The minimum absolute atomic E-state index is 0.0331. The maximum atomic E-state index is 11.0. The lowest BCUT2D eigenvalue weighted by Gasteiger charge is -2.06. The van der Waals surface area contributed by atoms with Gasteiger partial charge in [0, 0.05) is 10.0 Å². The van der Waals surface area contributed by atoms with Crippen LogP contribution in [0.2, 0.25) is 0 Å². The molecule has 15 heavy (non-hydrogen) atoms. The third kappa shape index (κ3) is 2.70. The number of nitrogens with zero attached hydrogens (tertiary/aromatic N) is 1. The Hall–Kier alpha value is -1.54. The molecule has 78 valence electrons. The van der Waals surface area contributed by atoms with E-state index in [1.807, 2.05) is 6.07 Å². The number of rotatable bonds is 2. The highest BCUT2D eigenvalue weighted by Gasteiger charge is 2.12. The van der Waals surface area contributed by atoms with Crippen LogP contribution in [-0.4, -0.2) is 18.2 Å². The molecule has 0 aliphatic carbocycles. The second-order valence-electron chi connectivity index (χ2n) is 2.82. The largest absolute Gasteiger partial charge is 0.508 e. The van der Waals surface area contributed by atoms with E-state index in [0.717, 1.165) is 0 Å². The number of benzene rings is 1. The van der Waals surface area contributed by atoms with E-state index in [2.05, 4.69) is 20.7 Å². The van der Waals surface area contributed by atoms with Gasteiger partial charge in [0.1, 0.15) is 5.75 Å². The Bertz CT molecular complexity index is 414. The average molecular weight is 270 g/mol. The van der Waals surface area contributed by atoms with E-state index < -0.39 is 5.97 Å². The molecule has 0 saturated heterocycles. The number of carbonyl (C=O) groups excluding carboxylic acids is 1. The first-order valence-corrected chi connectivity index (χ1v) is 4.86. The summed E-state index contributed by atoms with van der Waals surface area (Å²) in [6.45, 7) is 0. The lowest BCUT2D eigenvalue weighted by molar-refractivity contribution is -0.139. The highest BCUT2D eigenvalue weighted by Crippen LogP contribution is 2.28. The molecule has 0 unspecified atom stereocenters. The van der Waals surface area contributed by atoms with Crippen molar-refractivity contribution in [3.05, 3.63) is 27.7 Å². The fourth-order valence-corrected chi connectivity index (χ4v) is 1.67. The molecular formula is C10H8BrNO3. The van der Waals surface area contributed by atoms with Crippen molar-refractivity contribution in [2.45, 2.75) is 6.42 Å². The zero-order chi connectivity index (χ0) is 11.4. The van der Waals surface area contributed by atoms with Crippen molar-refractivity contribution < 1.29 is 14.6 Å². The third-order valence-electron chi connectivity index (χ3n) is 1.85. The van der Waals surface area contributed by atoms with E-state index in [1.54, 1.807) is 0 Å². The second-order valence-corrected chi connectivity index (χ2v) is 3.67. The Morgan fingerprint density at radius 2 is 2.33 bits per heavy atom. The summed E-state index contributed by atoms with van der Waals surface area (Å²) in [5.74, 6) is -0.540. The van der Waals surface area contributed by atoms with Crippen LogP contribution in [0.25, 0.3) is 0 Å². The molecule has 0 radical (unpaired) electrons. The Kier molecular flexibility index (Phi) is 3.69. The van der Waals surface area contributed by atoms with Gasteiger partial charge in [-0.25, -0.2) is 0 Å². The number of halogens is 1. The molecule has 0 saturated carbocycles. The van der Waals surface area contributed by atoms with Crippen molar-refractivity contribution in [3.63, 3.8) is 0 Å². The van der Waals surface area contributed by atoms with Gasteiger partial charge in [-0.1, -0.05) is 15.9 Å². The molecule has 0 aliphatic heterocycles. The van der Waals surface area contributed by atoms with Crippen LogP contribution in [0.4, 0.5) is 0 Å². The summed E-state index contributed by atoms with van der Waals surface area (Å²) in [4.78, 5) is 11.0. The van der Waals surface area contributed by atoms with Gasteiger partial charge in [0.25, 0.3) is 0 Å². The Balaban J connectivity index is 3.10. The molecule has 0 spiro atoms. The Labute approximate surface area is 95.2 Å². The van der Waals surface area contributed by atoms with Gasteiger partial charge in [0.05, 0.1) is 25.2 Å². The third-order valence-corrected chi connectivity index (χ3v) is 2.56. The number of ether oxygens (including phenoxy) is 1. The minimum Gasteiger partial charge on any atom is -0.508 e. The van der Waals surface area contributed by atoms with Crippen LogP contribution in [0.3, 0.4) is 0 Å². The van der Waals surface area contributed by atoms with E-state index in [0.29, 0.717) is 15.6 Å². The topological polar surface area (TPSA) is 70.3 Å². The number of carbonyl (C=O) groups is 1. The van der Waals surface area contributed by atoms with Crippen LogP contribution in [-0.2, 0) is 16.0 Å². The summed E-state index contributed by atoms with van der Waals surface area (Å²) >= 11 is 3.18. The smallest absolute Gasteiger partial charge is 0.310 e. The van der Waals surface area contributed by atoms with Gasteiger partial charge in [-0.2, -0.15) is 5.26 Å². The standard InChI is InChI=1S/C10H8BrNO3/c1-15-10(14)4-7-8(11)2-6(5-12)3-9(7)13/h2-3,13H,4H2,1H3. The zero-order valence-electron chi connectivity index (χ0n) is 7.95. The van der Waals surface area contributed by atoms with Gasteiger partial charge in [-0.15, -0.1) is 0 Å². The predicted molar refractivity (Wildman–Crippen MR) is 56.2 cm³/mol. The fourth-order valence-electron chi connectivity index (χ4n) is 1.08. The van der Waals surface area contributed by atoms with Gasteiger partial charge >= 0.3 is 5.97 Å². The maximum absolute atomic E-state index is 11.0. The molecule has 0 aliphatic rings. The van der Waals surface area contributed by atoms with Gasteiger partial charge in [-0.3, -0.25) is 4.79 Å². The molecular weight excluding hydrogens is 262 g/mol. The summed E-state index contributed by atoms with van der Waals surface area (Å²) in [6, 6.07) is 4.75. The number of hydrogen-bond acceptors (Lipinski definition) is 4. The second kappa shape index (κ2) is 4.80. The summed E-state index contributed by atoms with van der Waals surface area (Å²) in [6.07, 6.45) is -0.0331. The van der Waals surface area contributed by atoms with Crippen molar-refractivity contribution in [2.75, 3.05) is 7.11 Å². The van der Waals surface area contributed by atoms with Crippen LogP contribution in [0.1, 0.15) is 11.1 Å². The highest BCUT2D eigenvalue weighted by atomic mass is 79.9. The molecule has 1 rings (SSSR count). The molecule has 1 N–H and O–H groups in total. The van der Waals surface area contributed by atoms with Gasteiger partial charge in [0.15, 0.2) is 0 Å². The van der Waals surface area contributed by atoms with E-state index >= 15 is 0 Å². The molecule has 0 bridgehead atoms. The lowest BCUT2D eigenvalue weighted by Crippen LogP contribution is -2.05. The number of phenols is 1. The molecule has 0 amide bonds. The monoisotopic (exact) mass is 269 g/mol. The van der Waals surface area contributed by atoms with E-state index in [1.165, 1.54) is 19.2 Å². The normalized spacial score (nSPS) is 9.40. The molecule has 1 aromatic rings. The first-order valence-electron chi connectivity index (χ1n) is 4.06. The van der Waals surface area contributed by atoms with Gasteiger partial charge < -0.3 is 9.84 Å². The number of methoxy groups -OCH3 is 1. The molecule has 0 aromatic heterocycles. The number of aromatic hydroxyl groups is 1. The molecule has 0 fully saturated rings. The molecule has 5 heteroatoms. The SMILES string of the molecule is COC(=O)Cc1c(O)cc(C#N)cc1Br. The van der Waals surface area contributed by atoms with E-state index in [-0.39, 0.29) is 12.2 Å². The Morgan fingerprint density at radius 1 is 1.67 bits per heavy atom. The fraction of sp³-hybridized carbons (Fsp3) is 0.200. The number of esters is 1. The zero-order valence-corrected chi connectivity index (χ0v) is 9.54. The van der Waals surface area contributed by atoms with Crippen LogP contribution >= 0.6 is 15.9 Å². The van der Waals surface area contributed by atoms with Gasteiger partial charge in [0.2, 0.25) is 0 Å². The van der Waals surface area contributed by atoms with Crippen molar-refractivity contribution in [1.82, 2.24) is 0 Å². The van der Waals surface area contributed by atoms with Crippen LogP contribution < -0.4 is 0 Å². The maximum Gasteiger partial charge on any atom is 0.310 e. The molecule has 1 aromatic carbocycles. The number of hydrogen-bond donors (Lipinski definition) is 1. The first kappa shape index (κ1) is 11.5. The Morgan fingerprint density at radius 3 is 2.80 bits per heavy atom. The summed E-state index contributed by atoms with van der Waals surface area (Å²) in [7, 11) is 1.27. The minimum atomic E-state index is -0.448. The van der Waals surface area contributed by atoms with Crippen molar-refractivity contribution >= 4 is 21.9 Å². The van der Waals surface area contributed by atoms with Gasteiger partial charge in [-0.05, 0) is 12.1 Å². The van der Waals surface area contributed by atoms with Crippen molar-refractivity contribution in [1.29, 1.82) is 5.26 Å². The van der Waals surface area contributed by atoms with Crippen LogP contribution in [0, 0.1) is 11.3 Å². The molecule has 0 atom stereocenters. The quantitative estimate of drug-likeness (QED) is 0.831. The summed E-state index contributed by atoms with van der Waals surface area (Å²) in [5.41, 5.74) is 0.744. The van der Waals surface area contributed by atoms with E-state index in [4.69, 9.17) is 5.26 Å². The molecule has 4 nitrogen and oxygen atoms in total. The highest BCUT2D eigenvalue weighted by molar-refractivity contribution is 9.10.